The summed E-state index contributed by atoms with van der Waals surface area (Å²) in [6.45, 7) is 1.89. The van der Waals surface area contributed by atoms with Gasteiger partial charge in [0.2, 0.25) is 0 Å². The highest BCUT2D eigenvalue weighted by molar-refractivity contribution is 6.31. The Balaban J connectivity index is 2.09. The highest BCUT2D eigenvalue weighted by atomic mass is 35.5. The molecule has 0 saturated heterocycles. The van der Waals surface area contributed by atoms with Gasteiger partial charge in [0.1, 0.15) is 11.3 Å². The lowest BCUT2D eigenvalue weighted by molar-refractivity contribution is -0.138. The Bertz CT molecular complexity index is 1070. The fourth-order valence-corrected chi connectivity index (χ4v) is 2.87. The van der Waals surface area contributed by atoms with E-state index in [0.29, 0.717) is 10.4 Å². The van der Waals surface area contributed by atoms with Crippen LogP contribution in [0.5, 0.6) is 5.75 Å². The average Bonchev–Trinajstić information content (AvgIpc) is 2.66. The van der Waals surface area contributed by atoms with Crippen molar-refractivity contribution >= 4 is 34.6 Å². The Hall–Kier alpha value is -3.05. The third-order valence-electron chi connectivity index (χ3n) is 3.98. The van der Waals surface area contributed by atoms with Crippen molar-refractivity contribution in [2.75, 3.05) is 6.61 Å². The molecule has 0 amide bonds. The number of fused-ring (bicyclic) bond motifs is 1. The zero-order valence-electron chi connectivity index (χ0n) is 14.6. The number of hydrogen-bond acceptors (Lipinski definition) is 5. The van der Waals surface area contributed by atoms with Gasteiger partial charge < -0.3 is 14.3 Å². The van der Waals surface area contributed by atoms with E-state index in [4.69, 9.17) is 20.8 Å². The van der Waals surface area contributed by atoms with E-state index in [-0.39, 0.29) is 35.5 Å². The maximum absolute atomic E-state index is 12.4. The first kappa shape index (κ1) is 18.7. The molecule has 5 nitrogen and oxygen atoms in total. The zero-order chi connectivity index (χ0) is 19.4. The molecular weight excluding hydrogens is 368 g/mol. The Morgan fingerprint density at radius 3 is 2.67 bits per heavy atom. The lowest BCUT2D eigenvalue weighted by atomic mass is 10.0. The van der Waals surface area contributed by atoms with Crippen molar-refractivity contribution in [3.63, 3.8) is 0 Å². The predicted molar refractivity (Wildman–Crippen MR) is 104 cm³/mol. The zero-order valence-corrected chi connectivity index (χ0v) is 15.3. The summed E-state index contributed by atoms with van der Waals surface area (Å²) in [5.74, 6) is -0.821. The van der Waals surface area contributed by atoms with Gasteiger partial charge in [-0.3, -0.25) is 0 Å². The van der Waals surface area contributed by atoms with Gasteiger partial charge in [-0.05, 0) is 36.8 Å². The van der Waals surface area contributed by atoms with E-state index >= 15 is 0 Å². The molecule has 0 aliphatic heterocycles. The molecule has 3 aromatic rings. The summed E-state index contributed by atoms with van der Waals surface area (Å²) in [5, 5.41) is 11.3. The number of aromatic hydroxyl groups is 1. The highest BCUT2D eigenvalue weighted by Crippen LogP contribution is 2.30. The van der Waals surface area contributed by atoms with Crippen molar-refractivity contribution in [2.45, 2.75) is 13.3 Å². The van der Waals surface area contributed by atoms with E-state index in [1.807, 2.05) is 30.3 Å². The number of hydrogen-bond donors (Lipinski definition) is 1. The number of halogens is 1. The van der Waals surface area contributed by atoms with Crippen LogP contribution >= 0.6 is 11.6 Å². The Kier molecular flexibility index (Phi) is 5.62. The predicted octanol–water partition coefficient (Wildman–Crippen LogP) is 4.34. The smallest absolute Gasteiger partial charge is 0.343 e. The quantitative estimate of drug-likeness (QED) is 0.402. The first-order valence-corrected chi connectivity index (χ1v) is 8.74. The summed E-state index contributed by atoms with van der Waals surface area (Å²) in [7, 11) is 0. The number of carbonyl (C=O) groups is 1. The molecule has 0 saturated carbocycles. The first-order valence-electron chi connectivity index (χ1n) is 8.36. The molecule has 0 aliphatic carbocycles. The van der Waals surface area contributed by atoms with Crippen molar-refractivity contribution in [3.8, 4) is 5.75 Å². The maximum Gasteiger partial charge on any atom is 0.343 e. The van der Waals surface area contributed by atoms with Crippen molar-refractivity contribution in [1.82, 2.24) is 0 Å². The molecule has 27 heavy (non-hydrogen) atoms. The van der Waals surface area contributed by atoms with Crippen LogP contribution in [0, 0.1) is 0 Å². The largest absolute Gasteiger partial charge is 0.507 e. The fourth-order valence-electron chi connectivity index (χ4n) is 2.70. The van der Waals surface area contributed by atoms with Gasteiger partial charge in [-0.15, -0.1) is 0 Å². The van der Waals surface area contributed by atoms with Crippen molar-refractivity contribution in [2.24, 2.45) is 0 Å². The monoisotopic (exact) mass is 384 g/mol. The van der Waals surface area contributed by atoms with Gasteiger partial charge in [0.25, 0.3) is 0 Å². The minimum Gasteiger partial charge on any atom is -0.507 e. The lowest BCUT2D eigenvalue weighted by Crippen LogP contribution is -2.15. The molecule has 0 unspecified atom stereocenters. The number of ether oxygens (including phenoxy) is 1. The molecule has 0 aliphatic rings. The van der Waals surface area contributed by atoms with Gasteiger partial charge in [-0.1, -0.05) is 41.9 Å². The molecule has 138 valence electrons. The summed E-state index contributed by atoms with van der Waals surface area (Å²) in [6.07, 6.45) is 1.49. The molecule has 1 heterocycles. The molecule has 2 aromatic carbocycles. The molecule has 0 bridgehead atoms. The number of rotatable bonds is 5. The number of benzene rings is 2. The van der Waals surface area contributed by atoms with E-state index in [2.05, 4.69) is 0 Å². The SMILES string of the molecule is CCOC(=O)/C(=C/c1ccccc1)Cc1c(O)c2cc(Cl)ccc2oc1=O. The molecular formula is C21H17ClO5. The van der Waals surface area contributed by atoms with Crippen molar-refractivity contribution in [1.29, 1.82) is 0 Å². The normalized spacial score (nSPS) is 11.6. The number of esters is 1. The highest BCUT2D eigenvalue weighted by Gasteiger charge is 2.20. The van der Waals surface area contributed by atoms with Crippen LogP contribution < -0.4 is 5.63 Å². The molecule has 3 rings (SSSR count). The molecule has 0 fully saturated rings. The molecule has 0 atom stereocenters. The fraction of sp³-hybridized carbons (Fsp3) is 0.143. The lowest BCUT2D eigenvalue weighted by Gasteiger charge is -2.10. The molecule has 0 radical (unpaired) electrons. The standard InChI is InChI=1S/C21H17ClO5/c1-2-26-20(24)14(10-13-6-4-3-5-7-13)11-17-19(23)16-12-15(22)8-9-18(16)27-21(17)25/h3-10,12,23H,2,11H2,1H3/b14-10+. The van der Waals surface area contributed by atoms with Crippen LogP contribution in [-0.4, -0.2) is 17.7 Å². The van der Waals surface area contributed by atoms with E-state index < -0.39 is 11.6 Å². The van der Waals surface area contributed by atoms with Crippen LogP contribution in [0.2, 0.25) is 5.02 Å². The molecule has 6 heteroatoms. The number of carbonyl (C=O) groups excluding carboxylic acids is 1. The van der Waals surface area contributed by atoms with Crippen LogP contribution in [0.3, 0.4) is 0 Å². The van der Waals surface area contributed by atoms with E-state index in [0.717, 1.165) is 5.56 Å². The van der Waals surface area contributed by atoms with E-state index in [1.54, 1.807) is 19.1 Å². The molecule has 1 aromatic heterocycles. The van der Waals surface area contributed by atoms with Crippen molar-refractivity contribution in [3.05, 3.63) is 80.7 Å². The second kappa shape index (κ2) is 8.10. The molecule has 0 spiro atoms. The summed E-state index contributed by atoms with van der Waals surface area (Å²) < 4.78 is 10.4. The van der Waals surface area contributed by atoms with Gasteiger partial charge in [0.15, 0.2) is 0 Å². The summed E-state index contributed by atoms with van der Waals surface area (Å²) in [6, 6.07) is 13.7. The van der Waals surface area contributed by atoms with Crippen molar-refractivity contribution < 1.29 is 19.1 Å². The third kappa shape index (κ3) is 4.20. The maximum atomic E-state index is 12.4. The first-order chi connectivity index (χ1) is 13.0. The van der Waals surface area contributed by atoms with Crippen LogP contribution in [0.25, 0.3) is 17.0 Å². The summed E-state index contributed by atoms with van der Waals surface area (Å²) in [5.41, 5.74) is 0.473. The van der Waals surface area contributed by atoms with Gasteiger partial charge in [0.05, 0.1) is 17.6 Å². The Morgan fingerprint density at radius 2 is 1.96 bits per heavy atom. The van der Waals surface area contributed by atoms with E-state index in [1.165, 1.54) is 12.1 Å². The van der Waals surface area contributed by atoms with Crippen LogP contribution in [0.1, 0.15) is 18.1 Å². The van der Waals surface area contributed by atoms with Crippen LogP contribution in [0.4, 0.5) is 0 Å². The van der Waals surface area contributed by atoms with Gasteiger partial charge in [-0.25, -0.2) is 9.59 Å². The topological polar surface area (TPSA) is 76.7 Å². The second-order valence-corrected chi connectivity index (χ2v) is 6.27. The van der Waals surface area contributed by atoms with Gasteiger partial charge >= 0.3 is 11.6 Å². The minimum absolute atomic E-state index is 0.0278. The van der Waals surface area contributed by atoms with E-state index in [9.17, 15) is 14.7 Å². The van der Waals surface area contributed by atoms with Gasteiger partial charge in [0, 0.05) is 17.0 Å². The second-order valence-electron chi connectivity index (χ2n) is 5.83. The van der Waals surface area contributed by atoms with Crippen LogP contribution in [0.15, 0.2) is 63.3 Å². The summed E-state index contributed by atoms with van der Waals surface area (Å²) in [4.78, 5) is 24.7. The Morgan fingerprint density at radius 1 is 1.22 bits per heavy atom. The molecule has 1 N–H and O–H groups in total. The van der Waals surface area contributed by atoms with Crippen LogP contribution in [-0.2, 0) is 16.0 Å². The Labute approximate surface area is 160 Å². The third-order valence-corrected chi connectivity index (χ3v) is 4.21. The summed E-state index contributed by atoms with van der Waals surface area (Å²) >= 11 is 5.97. The average molecular weight is 385 g/mol. The van der Waals surface area contributed by atoms with Gasteiger partial charge in [-0.2, -0.15) is 0 Å². The minimum atomic E-state index is -0.717.